The molecule has 1 aliphatic rings. The zero-order chi connectivity index (χ0) is 18.8. The Morgan fingerprint density at radius 3 is 2.59 bits per heavy atom. The molecular formula is C19H34IN5O2. The van der Waals surface area contributed by atoms with Gasteiger partial charge < -0.3 is 20.1 Å². The van der Waals surface area contributed by atoms with Gasteiger partial charge in [-0.05, 0) is 33.3 Å². The number of ether oxygens (including phenoxy) is 2. The normalized spacial score (nSPS) is 16.6. The van der Waals surface area contributed by atoms with Crippen LogP contribution in [0, 0.1) is 0 Å². The molecule has 0 radical (unpaired) electrons. The van der Waals surface area contributed by atoms with Crippen LogP contribution in [0.1, 0.15) is 33.3 Å². The lowest BCUT2D eigenvalue weighted by molar-refractivity contribution is 0.0211. The van der Waals surface area contributed by atoms with Gasteiger partial charge in [0.05, 0.1) is 25.9 Å². The first-order chi connectivity index (χ1) is 12.6. The van der Waals surface area contributed by atoms with Gasteiger partial charge >= 0.3 is 0 Å². The van der Waals surface area contributed by atoms with Crippen LogP contribution in [0.2, 0.25) is 0 Å². The summed E-state index contributed by atoms with van der Waals surface area (Å²) in [5.41, 5.74) is 1.06. The van der Waals surface area contributed by atoms with Crippen molar-refractivity contribution in [3.05, 3.63) is 23.9 Å². The number of hydrogen-bond donors (Lipinski definition) is 2. The van der Waals surface area contributed by atoms with Crippen molar-refractivity contribution in [2.24, 2.45) is 4.99 Å². The van der Waals surface area contributed by atoms with E-state index in [2.05, 4.69) is 39.4 Å². The maximum absolute atomic E-state index is 5.57. The highest BCUT2D eigenvalue weighted by atomic mass is 127. The lowest BCUT2D eigenvalue weighted by Crippen LogP contribution is -2.49. The monoisotopic (exact) mass is 491 g/mol. The van der Waals surface area contributed by atoms with Crippen LogP contribution in [0.15, 0.2) is 23.3 Å². The Morgan fingerprint density at radius 2 is 2.00 bits per heavy atom. The molecule has 2 rings (SSSR count). The number of rotatable bonds is 8. The van der Waals surface area contributed by atoms with E-state index in [0.29, 0.717) is 18.5 Å². The molecule has 0 spiro atoms. The molecule has 0 aliphatic carbocycles. The molecule has 0 bridgehead atoms. The number of aromatic nitrogens is 1. The molecule has 0 saturated carbocycles. The van der Waals surface area contributed by atoms with Crippen LogP contribution in [0.25, 0.3) is 0 Å². The summed E-state index contributed by atoms with van der Waals surface area (Å²) in [7, 11) is 0. The number of morpholine rings is 1. The van der Waals surface area contributed by atoms with Crippen molar-refractivity contribution in [1.29, 1.82) is 0 Å². The van der Waals surface area contributed by atoms with Crippen molar-refractivity contribution in [3.63, 3.8) is 0 Å². The highest BCUT2D eigenvalue weighted by molar-refractivity contribution is 14.0. The number of halogens is 1. The minimum absolute atomic E-state index is 0. The molecule has 8 heteroatoms. The minimum Gasteiger partial charge on any atom is -0.475 e. The van der Waals surface area contributed by atoms with Gasteiger partial charge in [-0.25, -0.2) is 9.98 Å². The lowest BCUT2D eigenvalue weighted by atomic mass is 10.2. The Kier molecular flexibility index (Phi) is 11.6. The fraction of sp³-hybridized carbons (Fsp3) is 0.684. The van der Waals surface area contributed by atoms with Crippen molar-refractivity contribution < 1.29 is 9.47 Å². The summed E-state index contributed by atoms with van der Waals surface area (Å²) in [5.74, 6) is 1.48. The van der Waals surface area contributed by atoms with Gasteiger partial charge in [0, 0.05) is 44.5 Å². The number of guanidine groups is 1. The van der Waals surface area contributed by atoms with Crippen LogP contribution in [-0.4, -0.2) is 67.4 Å². The Morgan fingerprint density at radius 1 is 1.26 bits per heavy atom. The number of nitrogens with one attached hydrogen (secondary N) is 2. The Labute approximate surface area is 180 Å². The smallest absolute Gasteiger partial charge is 0.213 e. The molecule has 2 heterocycles. The van der Waals surface area contributed by atoms with E-state index in [-0.39, 0.29) is 30.1 Å². The van der Waals surface area contributed by atoms with Crippen molar-refractivity contribution in [3.8, 4) is 5.88 Å². The van der Waals surface area contributed by atoms with Crippen LogP contribution in [0.5, 0.6) is 5.88 Å². The van der Waals surface area contributed by atoms with Gasteiger partial charge in [0.2, 0.25) is 5.88 Å². The standard InChI is InChI=1S/C19H33N5O2.HI/c1-5-20-19(22-12-16(4)24-8-10-25-11-9-24)23-14-17-6-7-18(21-13-17)26-15(2)3;/h6-7,13,15-16H,5,8-12,14H2,1-4H3,(H2,20,22,23);1H. The number of aliphatic imine (C=N–C) groups is 1. The van der Waals surface area contributed by atoms with Crippen LogP contribution in [-0.2, 0) is 11.3 Å². The summed E-state index contributed by atoms with van der Waals surface area (Å²) >= 11 is 0. The van der Waals surface area contributed by atoms with Gasteiger partial charge in [0.25, 0.3) is 0 Å². The van der Waals surface area contributed by atoms with E-state index in [0.717, 1.165) is 50.9 Å². The maximum atomic E-state index is 5.57. The summed E-state index contributed by atoms with van der Waals surface area (Å²) in [6, 6.07) is 4.34. The summed E-state index contributed by atoms with van der Waals surface area (Å²) in [6.07, 6.45) is 1.95. The molecule has 27 heavy (non-hydrogen) atoms. The van der Waals surface area contributed by atoms with E-state index in [1.165, 1.54) is 0 Å². The second kappa shape index (κ2) is 13.1. The largest absolute Gasteiger partial charge is 0.475 e. The van der Waals surface area contributed by atoms with Gasteiger partial charge in [-0.3, -0.25) is 4.90 Å². The molecule has 0 aromatic carbocycles. The van der Waals surface area contributed by atoms with Crippen LogP contribution >= 0.6 is 24.0 Å². The van der Waals surface area contributed by atoms with Gasteiger partial charge in [0.15, 0.2) is 5.96 Å². The predicted octanol–water partition coefficient (Wildman–Crippen LogP) is 2.26. The minimum atomic E-state index is 0. The van der Waals surface area contributed by atoms with Gasteiger partial charge in [-0.15, -0.1) is 24.0 Å². The molecule has 1 saturated heterocycles. The Bertz CT molecular complexity index is 548. The maximum Gasteiger partial charge on any atom is 0.213 e. The Hall–Kier alpha value is -1.13. The first-order valence-corrected chi connectivity index (χ1v) is 9.54. The van der Waals surface area contributed by atoms with E-state index in [1.807, 2.05) is 32.2 Å². The summed E-state index contributed by atoms with van der Waals surface area (Å²) in [4.78, 5) is 11.4. The second-order valence-electron chi connectivity index (χ2n) is 6.74. The first-order valence-electron chi connectivity index (χ1n) is 9.54. The lowest BCUT2D eigenvalue weighted by Gasteiger charge is -2.32. The van der Waals surface area contributed by atoms with E-state index in [9.17, 15) is 0 Å². The third kappa shape index (κ3) is 9.07. The average Bonchev–Trinajstić information content (AvgIpc) is 2.65. The second-order valence-corrected chi connectivity index (χ2v) is 6.74. The van der Waals surface area contributed by atoms with Crippen molar-refractivity contribution >= 4 is 29.9 Å². The van der Waals surface area contributed by atoms with Gasteiger partial charge in [0.1, 0.15) is 0 Å². The number of hydrogen-bond acceptors (Lipinski definition) is 5. The zero-order valence-electron chi connectivity index (χ0n) is 16.9. The summed E-state index contributed by atoms with van der Waals surface area (Å²) in [5, 5.41) is 6.74. The third-order valence-electron chi connectivity index (χ3n) is 4.15. The summed E-state index contributed by atoms with van der Waals surface area (Å²) < 4.78 is 11.0. The molecule has 0 amide bonds. The molecule has 1 aliphatic heterocycles. The predicted molar refractivity (Wildman–Crippen MR) is 120 cm³/mol. The highest BCUT2D eigenvalue weighted by Gasteiger charge is 2.16. The van der Waals surface area contributed by atoms with Crippen molar-refractivity contribution in [2.75, 3.05) is 39.4 Å². The molecule has 1 atom stereocenters. The van der Waals surface area contributed by atoms with Crippen molar-refractivity contribution in [2.45, 2.75) is 46.4 Å². The van der Waals surface area contributed by atoms with E-state index in [4.69, 9.17) is 9.47 Å². The highest BCUT2D eigenvalue weighted by Crippen LogP contribution is 2.10. The molecule has 1 aromatic heterocycles. The SMILES string of the molecule is CCNC(=NCc1ccc(OC(C)C)nc1)NCC(C)N1CCOCC1.I. The van der Waals surface area contributed by atoms with E-state index >= 15 is 0 Å². The summed E-state index contributed by atoms with van der Waals surface area (Å²) in [6.45, 7) is 14.2. The quantitative estimate of drug-likeness (QED) is 0.331. The van der Waals surface area contributed by atoms with E-state index in [1.54, 1.807) is 0 Å². The molecule has 2 N–H and O–H groups in total. The molecule has 154 valence electrons. The fourth-order valence-electron chi connectivity index (χ4n) is 2.72. The molecule has 7 nitrogen and oxygen atoms in total. The van der Waals surface area contributed by atoms with Gasteiger partial charge in [-0.2, -0.15) is 0 Å². The first kappa shape index (κ1) is 23.9. The van der Waals surface area contributed by atoms with Crippen molar-refractivity contribution in [1.82, 2.24) is 20.5 Å². The van der Waals surface area contributed by atoms with Gasteiger partial charge in [-0.1, -0.05) is 6.07 Å². The van der Waals surface area contributed by atoms with E-state index < -0.39 is 0 Å². The van der Waals surface area contributed by atoms with Crippen LogP contribution in [0.3, 0.4) is 0 Å². The van der Waals surface area contributed by atoms with Crippen LogP contribution in [0.4, 0.5) is 0 Å². The molecule has 1 unspecified atom stereocenters. The fourth-order valence-corrected chi connectivity index (χ4v) is 2.72. The average molecular weight is 491 g/mol. The molecular weight excluding hydrogens is 457 g/mol. The molecule has 1 fully saturated rings. The zero-order valence-corrected chi connectivity index (χ0v) is 19.2. The third-order valence-corrected chi connectivity index (χ3v) is 4.15. The molecule has 1 aromatic rings. The Balaban J connectivity index is 0.00000364. The topological polar surface area (TPSA) is 71.0 Å². The van der Waals surface area contributed by atoms with Crippen LogP contribution < -0.4 is 15.4 Å². The number of pyridine rings is 1. The number of nitrogens with zero attached hydrogens (tertiary/aromatic N) is 3.